The van der Waals surface area contributed by atoms with E-state index in [4.69, 9.17) is 4.74 Å². The minimum Gasteiger partial charge on any atom is -0.494 e. The molecule has 0 unspecified atom stereocenters. The molecule has 2 aromatic carbocycles. The maximum absolute atomic E-state index is 12.5. The third-order valence-corrected chi connectivity index (χ3v) is 4.56. The van der Waals surface area contributed by atoms with E-state index in [0.717, 1.165) is 30.1 Å². The molecule has 3 rings (SSSR count). The lowest BCUT2D eigenvalue weighted by atomic mass is 10.1. The van der Waals surface area contributed by atoms with Crippen molar-refractivity contribution >= 4 is 46.0 Å². The van der Waals surface area contributed by atoms with E-state index in [-0.39, 0.29) is 11.8 Å². The van der Waals surface area contributed by atoms with Crippen LogP contribution in [0.15, 0.2) is 36.4 Å². The molecule has 0 saturated heterocycles. The lowest BCUT2D eigenvalue weighted by molar-refractivity contribution is -0.116. The van der Waals surface area contributed by atoms with Gasteiger partial charge in [0.05, 0.1) is 24.5 Å². The smallest absolute Gasteiger partial charge is 0.255 e. The number of nitrogens with zero attached hydrogens (tertiary/aromatic N) is 2. The fourth-order valence-corrected chi connectivity index (χ4v) is 3.07. The number of hydrogen-bond acceptors (Lipinski definition) is 6. The van der Waals surface area contributed by atoms with Gasteiger partial charge in [0.15, 0.2) is 0 Å². The zero-order chi connectivity index (χ0) is 19.2. The molecule has 1 heterocycles. The highest BCUT2D eigenvalue weighted by atomic mass is 32.1. The van der Waals surface area contributed by atoms with Gasteiger partial charge in [-0.3, -0.25) is 9.59 Å². The van der Waals surface area contributed by atoms with E-state index >= 15 is 0 Å². The second kappa shape index (κ2) is 8.59. The minimum absolute atomic E-state index is 0.0582. The molecule has 27 heavy (non-hydrogen) atoms. The standard InChI is InChI=1S/C19H20N4O3S/c1-3-4-5-18(24)21-15-9-7-13(11-17(15)26-2)20-19(25)12-6-8-14-16(10-12)23-27-22-14/h6-11H,3-5H2,1-2H3,(H,20,25)(H,21,24). The summed E-state index contributed by atoms with van der Waals surface area (Å²) in [5, 5.41) is 5.66. The van der Waals surface area contributed by atoms with Gasteiger partial charge in [0.1, 0.15) is 16.8 Å². The number of rotatable bonds is 7. The van der Waals surface area contributed by atoms with E-state index in [1.54, 1.807) is 36.4 Å². The van der Waals surface area contributed by atoms with Crippen LogP contribution >= 0.6 is 11.7 Å². The van der Waals surface area contributed by atoms with Crippen molar-refractivity contribution in [2.75, 3.05) is 17.7 Å². The molecular weight excluding hydrogens is 364 g/mol. The molecule has 3 aromatic rings. The number of aromatic nitrogens is 2. The van der Waals surface area contributed by atoms with Crippen LogP contribution in [0.4, 0.5) is 11.4 Å². The number of fused-ring (bicyclic) bond motifs is 1. The van der Waals surface area contributed by atoms with Gasteiger partial charge in [-0.2, -0.15) is 8.75 Å². The van der Waals surface area contributed by atoms with Gasteiger partial charge in [-0.1, -0.05) is 13.3 Å². The van der Waals surface area contributed by atoms with Crippen LogP contribution in [-0.2, 0) is 4.79 Å². The predicted molar refractivity (Wildman–Crippen MR) is 107 cm³/mol. The molecule has 1 aromatic heterocycles. The Balaban J connectivity index is 1.72. The Bertz CT molecular complexity index is 970. The summed E-state index contributed by atoms with van der Waals surface area (Å²) in [6, 6.07) is 10.3. The third kappa shape index (κ3) is 4.59. The Labute approximate surface area is 161 Å². The van der Waals surface area contributed by atoms with Crippen LogP contribution in [0.25, 0.3) is 11.0 Å². The second-order valence-corrected chi connectivity index (χ2v) is 6.52. The highest BCUT2D eigenvalue weighted by molar-refractivity contribution is 7.00. The summed E-state index contributed by atoms with van der Waals surface area (Å²) in [6.07, 6.45) is 2.26. The summed E-state index contributed by atoms with van der Waals surface area (Å²) in [6.45, 7) is 2.04. The zero-order valence-electron chi connectivity index (χ0n) is 15.1. The molecule has 7 nitrogen and oxygen atoms in total. The van der Waals surface area contributed by atoms with Gasteiger partial charge < -0.3 is 15.4 Å². The number of carbonyl (C=O) groups excluding carboxylic acids is 2. The first-order valence-electron chi connectivity index (χ1n) is 8.62. The molecule has 0 fully saturated rings. The van der Waals surface area contributed by atoms with Crippen molar-refractivity contribution in [3.63, 3.8) is 0 Å². The molecule has 0 saturated carbocycles. The summed E-state index contributed by atoms with van der Waals surface area (Å²) in [5.74, 6) is 0.167. The average molecular weight is 384 g/mol. The summed E-state index contributed by atoms with van der Waals surface area (Å²) in [7, 11) is 1.52. The molecule has 140 valence electrons. The van der Waals surface area contributed by atoms with Crippen molar-refractivity contribution in [2.45, 2.75) is 26.2 Å². The van der Waals surface area contributed by atoms with Gasteiger partial charge in [-0.25, -0.2) is 0 Å². The zero-order valence-corrected chi connectivity index (χ0v) is 15.9. The van der Waals surface area contributed by atoms with Gasteiger partial charge >= 0.3 is 0 Å². The number of unbranched alkanes of at least 4 members (excludes halogenated alkanes) is 1. The summed E-state index contributed by atoms with van der Waals surface area (Å²) in [5.41, 5.74) is 3.09. The lowest BCUT2D eigenvalue weighted by Crippen LogP contribution is -2.13. The first-order valence-corrected chi connectivity index (χ1v) is 9.35. The molecule has 0 bridgehead atoms. The van der Waals surface area contributed by atoms with Gasteiger partial charge in [0.25, 0.3) is 5.91 Å². The van der Waals surface area contributed by atoms with Gasteiger partial charge in [0, 0.05) is 23.7 Å². The largest absolute Gasteiger partial charge is 0.494 e. The first-order chi connectivity index (χ1) is 13.1. The van der Waals surface area contributed by atoms with Crippen LogP contribution in [0.1, 0.15) is 36.5 Å². The summed E-state index contributed by atoms with van der Waals surface area (Å²) in [4.78, 5) is 24.4. The van der Waals surface area contributed by atoms with E-state index in [1.807, 2.05) is 6.92 Å². The molecule has 0 aliphatic rings. The van der Waals surface area contributed by atoms with E-state index in [1.165, 1.54) is 7.11 Å². The first kappa shape index (κ1) is 18.8. The number of methoxy groups -OCH3 is 1. The number of nitrogens with one attached hydrogen (secondary N) is 2. The molecular formula is C19H20N4O3S. The number of ether oxygens (including phenoxy) is 1. The summed E-state index contributed by atoms with van der Waals surface area (Å²) < 4.78 is 13.6. The van der Waals surface area contributed by atoms with E-state index < -0.39 is 0 Å². The van der Waals surface area contributed by atoms with Crippen molar-refractivity contribution in [1.82, 2.24) is 8.75 Å². The van der Waals surface area contributed by atoms with E-state index in [9.17, 15) is 9.59 Å². The molecule has 0 radical (unpaired) electrons. The van der Waals surface area contributed by atoms with Gasteiger partial charge in [0.2, 0.25) is 5.91 Å². The normalized spacial score (nSPS) is 10.6. The highest BCUT2D eigenvalue weighted by Crippen LogP contribution is 2.28. The van der Waals surface area contributed by atoms with Crippen LogP contribution in [0.2, 0.25) is 0 Å². The van der Waals surface area contributed by atoms with Crippen molar-refractivity contribution in [1.29, 1.82) is 0 Å². The van der Waals surface area contributed by atoms with Crippen LogP contribution in [0.5, 0.6) is 5.75 Å². The number of amides is 2. The Morgan fingerprint density at radius 1 is 1.07 bits per heavy atom. The number of hydrogen-bond donors (Lipinski definition) is 2. The number of anilines is 2. The van der Waals surface area contributed by atoms with E-state index in [0.29, 0.717) is 34.6 Å². The number of carbonyl (C=O) groups is 2. The third-order valence-electron chi connectivity index (χ3n) is 4.01. The second-order valence-electron chi connectivity index (χ2n) is 5.99. The monoisotopic (exact) mass is 384 g/mol. The fourth-order valence-electron chi connectivity index (χ4n) is 2.55. The Kier molecular flexibility index (Phi) is 5.97. The van der Waals surface area contributed by atoms with Crippen LogP contribution in [0.3, 0.4) is 0 Å². The maximum Gasteiger partial charge on any atom is 0.255 e. The molecule has 0 aliphatic heterocycles. The molecule has 2 N–H and O–H groups in total. The van der Waals surface area contributed by atoms with Crippen molar-refractivity contribution in [2.24, 2.45) is 0 Å². The van der Waals surface area contributed by atoms with Crippen molar-refractivity contribution in [3.8, 4) is 5.75 Å². The minimum atomic E-state index is -0.258. The summed E-state index contributed by atoms with van der Waals surface area (Å²) >= 11 is 1.11. The molecule has 8 heteroatoms. The van der Waals surface area contributed by atoms with Crippen LogP contribution < -0.4 is 15.4 Å². The Hall–Kier alpha value is -3.00. The van der Waals surface area contributed by atoms with Crippen LogP contribution in [-0.4, -0.2) is 27.7 Å². The SMILES string of the molecule is CCCCC(=O)Nc1ccc(NC(=O)c2ccc3nsnc3c2)cc1OC. The Morgan fingerprint density at radius 3 is 2.67 bits per heavy atom. The molecule has 0 spiro atoms. The van der Waals surface area contributed by atoms with Gasteiger partial charge in [-0.05, 0) is 36.8 Å². The predicted octanol–water partition coefficient (Wildman–Crippen LogP) is 4.08. The van der Waals surface area contributed by atoms with E-state index in [2.05, 4.69) is 19.4 Å². The van der Waals surface area contributed by atoms with Crippen LogP contribution in [0, 0.1) is 0 Å². The average Bonchev–Trinajstić information content (AvgIpc) is 3.15. The topological polar surface area (TPSA) is 93.2 Å². The molecule has 0 atom stereocenters. The quantitative estimate of drug-likeness (QED) is 0.640. The Morgan fingerprint density at radius 2 is 1.89 bits per heavy atom. The molecule has 2 amide bonds. The highest BCUT2D eigenvalue weighted by Gasteiger charge is 2.12. The molecule has 0 aliphatic carbocycles. The number of benzene rings is 2. The lowest BCUT2D eigenvalue weighted by Gasteiger charge is -2.12. The maximum atomic E-state index is 12.5. The van der Waals surface area contributed by atoms with Gasteiger partial charge in [-0.15, -0.1) is 0 Å². The van der Waals surface area contributed by atoms with Crippen molar-refractivity contribution in [3.05, 3.63) is 42.0 Å². The fraction of sp³-hybridized carbons (Fsp3) is 0.263. The van der Waals surface area contributed by atoms with Crippen molar-refractivity contribution < 1.29 is 14.3 Å².